The highest BCUT2D eigenvalue weighted by Gasteiger charge is 2.18. The molecular weight excluding hydrogens is 518 g/mol. The van der Waals surface area contributed by atoms with Crippen LogP contribution >= 0.6 is 11.3 Å². The third-order valence-corrected chi connectivity index (χ3v) is 6.57. The number of amides is 1. The van der Waals surface area contributed by atoms with Gasteiger partial charge < -0.3 is 15.5 Å². The number of carbonyl (C=O) groups is 1. The molecule has 0 atom stereocenters. The van der Waals surface area contributed by atoms with Crippen LogP contribution in [0.4, 0.5) is 26.1 Å². The summed E-state index contributed by atoms with van der Waals surface area (Å²) in [4.78, 5) is 29.1. The van der Waals surface area contributed by atoms with Gasteiger partial charge in [0, 0.05) is 29.7 Å². The van der Waals surface area contributed by atoms with Gasteiger partial charge in [0.15, 0.2) is 0 Å². The van der Waals surface area contributed by atoms with Crippen LogP contribution in [0.15, 0.2) is 84.5 Å². The fourth-order valence-electron chi connectivity index (χ4n) is 4.07. The molecule has 2 heterocycles. The van der Waals surface area contributed by atoms with E-state index in [2.05, 4.69) is 37.6 Å². The summed E-state index contributed by atoms with van der Waals surface area (Å²) in [5.41, 5.74) is 5.55. The van der Waals surface area contributed by atoms with Crippen LogP contribution in [0.3, 0.4) is 0 Å². The molecule has 10 heteroatoms. The van der Waals surface area contributed by atoms with Gasteiger partial charge in [-0.1, -0.05) is 30.3 Å². The largest absolute Gasteiger partial charge is 0.324 e. The highest BCUT2D eigenvalue weighted by molar-refractivity contribution is 7.13. The van der Waals surface area contributed by atoms with E-state index in [1.165, 1.54) is 17.4 Å². The Hall–Kier alpha value is -4.54. The van der Waals surface area contributed by atoms with Gasteiger partial charge in [-0.2, -0.15) is 0 Å². The quantitative estimate of drug-likeness (QED) is 0.230. The zero-order chi connectivity index (χ0) is 27.4. The van der Waals surface area contributed by atoms with E-state index in [4.69, 9.17) is 4.98 Å². The number of anilines is 3. The zero-order valence-electron chi connectivity index (χ0n) is 21.2. The van der Waals surface area contributed by atoms with Crippen molar-refractivity contribution in [2.45, 2.75) is 6.54 Å². The first-order valence-corrected chi connectivity index (χ1v) is 12.9. The highest BCUT2D eigenvalue weighted by Crippen LogP contribution is 2.35. The molecule has 2 N–H and O–H groups in total. The number of nitrogens with one attached hydrogen (secondary N) is 2. The monoisotopic (exact) mass is 542 g/mol. The molecule has 5 rings (SSSR count). The molecule has 0 bridgehead atoms. The lowest BCUT2D eigenvalue weighted by atomic mass is 10.1. The van der Waals surface area contributed by atoms with Crippen molar-refractivity contribution in [2.24, 2.45) is 0 Å². The molecule has 0 saturated heterocycles. The van der Waals surface area contributed by atoms with Crippen LogP contribution in [0.1, 0.15) is 15.9 Å². The summed E-state index contributed by atoms with van der Waals surface area (Å²) in [6.45, 7) is 0.815. The number of carbonyl (C=O) groups excluding carboxylic acids is 1. The van der Waals surface area contributed by atoms with Gasteiger partial charge in [0.25, 0.3) is 5.91 Å². The minimum Gasteiger partial charge on any atom is -0.324 e. The molecule has 2 aromatic heterocycles. The number of thiazole rings is 1. The molecule has 0 unspecified atom stereocenters. The average Bonchev–Trinajstić information content (AvgIpc) is 3.39. The topological polar surface area (TPSA) is 83.0 Å². The van der Waals surface area contributed by atoms with Crippen LogP contribution in [0.25, 0.3) is 21.8 Å². The Morgan fingerprint density at radius 1 is 0.923 bits per heavy atom. The maximum Gasteiger partial charge on any atom is 0.261 e. The maximum absolute atomic E-state index is 14.1. The highest BCUT2D eigenvalue weighted by atomic mass is 32.1. The third-order valence-electron chi connectivity index (χ3n) is 5.72. The van der Waals surface area contributed by atoms with Crippen LogP contribution in [0, 0.1) is 11.6 Å². The van der Waals surface area contributed by atoms with Gasteiger partial charge in [-0.15, -0.1) is 11.3 Å². The van der Waals surface area contributed by atoms with Crippen molar-refractivity contribution in [3.05, 3.63) is 107 Å². The summed E-state index contributed by atoms with van der Waals surface area (Å²) in [6, 6.07) is 20.1. The van der Waals surface area contributed by atoms with Gasteiger partial charge in [-0.3, -0.25) is 4.79 Å². The number of hydrogen-bond donors (Lipinski definition) is 2. The Morgan fingerprint density at radius 2 is 1.67 bits per heavy atom. The average molecular weight is 543 g/mol. The zero-order valence-corrected chi connectivity index (χ0v) is 22.0. The fraction of sp³-hybridized carbons (Fsp3) is 0.103. The maximum atomic E-state index is 14.1. The van der Waals surface area contributed by atoms with Gasteiger partial charge in [0.05, 0.1) is 21.8 Å². The Bertz CT molecular complexity index is 1620. The molecule has 0 saturated carbocycles. The summed E-state index contributed by atoms with van der Waals surface area (Å²) >= 11 is 1.42. The van der Waals surface area contributed by atoms with Crippen LogP contribution in [-0.4, -0.2) is 39.9 Å². The molecule has 3 aromatic carbocycles. The first kappa shape index (κ1) is 26.1. The van der Waals surface area contributed by atoms with Crippen molar-refractivity contribution in [3.8, 4) is 21.8 Å². The molecule has 0 spiro atoms. The van der Waals surface area contributed by atoms with E-state index in [0.29, 0.717) is 28.6 Å². The SMILES string of the molecule is CN(C)Cc1cccc(Nc2nccc(-c3scnc3-c3cccc(NC(=O)c4c(F)cccc4F)c3)n2)c1. The van der Waals surface area contributed by atoms with Crippen molar-refractivity contribution < 1.29 is 13.6 Å². The predicted octanol–water partition coefficient (Wildman–Crippen LogP) is 6.60. The third kappa shape index (κ3) is 6.14. The number of rotatable bonds is 8. The molecule has 39 heavy (non-hydrogen) atoms. The van der Waals surface area contributed by atoms with Crippen LogP contribution in [0.5, 0.6) is 0 Å². The van der Waals surface area contributed by atoms with Crippen molar-refractivity contribution in [2.75, 3.05) is 24.7 Å². The number of benzene rings is 3. The molecule has 7 nitrogen and oxygen atoms in total. The number of halogens is 2. The van der Waals surface area contributed by atoms with E-state index < -0.39 is 23.1 Å². The minimum absolute atomic E-state index is 0.377. The molecule has 1 amide bonds. The molecule has 5 aromatic rings. The normalized spacial score (nSPS) is 11.0. The lowest BCUT2D eigenvalue weighted by molar-refractivity contribution is 0.101. The second-order valence-corrected chi connectivity index (χ2v) is 9.85. The second-order valence-electron chi connectivity index (χ2n) is 8.99. The lowest BCUT2D eigenvalue weighted by Crippen LogP contribution is -2.15. The Labute approximate surface area is 228 Å². The number of aromatic nitrogens is 3. The molecule has 0 aliphatic rings. The minimum atomic E-state index is -0.928. The smallest absolute Gasteiger partial charge is 0.261 e. The van der Waals surface area contributed by atoms with E-state index >= 15 is 0 Å². The molecule has 0 fully saturated rings. The van der Waals surface area contributed by atoms with Crippen molar-refractivity contribution in [1.29, 1.82) is 0 Å². The molecule has 0 aliphatic heterocycles. The van der Waals surface area contributed by atoms with Gasteiger partial charge >= 0.3 is 0 Å². The molecule has 196 valence electrons. The number of hydrogen-bond acceptors (Lipinski definition) is 7. The van der Waals surface area contributed by atoms with Crippen LogP contribution < -0.4 is 10.6 Å². The van der Waals surface area contributed by atoms with E-state index in [9.17, 15) is 13.6 Å². The van der Waals surface area contributed by atoms with E-state index in [1.54, 1.807) is 36.0 Å². The first-order chi connectivity index (χ1) is 18.9. The van der Waals surface area contributed by atoms with Gasteiger partial charge in [0.1, 0.15) is 17.2 Å². The van der Waals surface area contributed by atoms with Crippen molar-refractivity contribution in [3.63, 3.8) is 0 Å². The molecule has 0 radical (unpaired) electrons. The summed E-state index contributed by atoms with van der Waals surface area (Å²) in [6.07, 6.45) is 1.68. The summed E-state index contributed by atoms with van der Waals surface area (Å²) in [5.74, 6) is -2.28. The van der Waals surface area contributed by atoms with E-state index in [1.807, 2.05) is 32.3 Å². The second kappa shape index (κ2) is 11.5. The molecular formula is C29H24F2N6OS. The fourth-order valence-corrected chi connectivity index (χ4v) is 4.85. The summed E-state index contributed by atoms with van der Waals surface area (Å²) in [7, 11) is 4.04. The van der Waals surface area contributed by atoms with Gasteiger partial charge in [0.2, 0.25) is 5.95 Å². The van der Waals surface area contributed by atoms with Crippen molar-refractivity contribution >= 4 is 34.6 Å². The van der Waals surface area contributed by atoms with Crippen LogP contribution in [0.2, 0.25) is 0 Å². The Morgan fingerprint density at radius 3 is 2.46 bits per heavy atom. The standard InChI is InChI=1S/C29H24F2N6OS/c1-37(2)16-18-6-3-8-20(14-18)35-29-32-13-12-24(36-29)27-26(33-17-39-27)19-7-4-9-21(15-19)34-28(38)25-22(30)10-5-11-23(25)31/h3-15,17H,16H2,1-2H3,(H,34,38)(H,32,35,36). The Kier molecular flexibility index (Phi) is 7.67. The van der Waals surface area contributed by atoms with Crippen LogP contribution in [-0.2, 0) is 6.54 Å². The van der Waals surface area contributed by atoms with E-state index in [0.717, 1.165) is 34.8 Å². The molecule has 0 aliphatic carbocycles. The summed E-state index contributed by atoms with van der Waals surface area (Å²) < 4.78 is 28.1. The number of nitrogens with zero attached hydrogens (tertiary/aromatic N) is 4. The summed E-state index contributed by atoms with van der Waals surface area (Å²) in [5, 5.41) is 5.84. The lowest BCUT2D eigenvalue weighted by Gasteiger charge is -2.12. The van der Waals surface area contributed by atoms with E-state index in [-0.39, 0.29) is 0 Å². The van der Waals surface area contributed by atoms with Crippen molar-refractivity contribution in [1.82, 2.24) is 19.9 Å². The first-order valence-electron chi connectivity index (χ1n) is 12.0. The Balaban J connectivity index is 1.38. The predicted molar refractivity (Wildman–Crippen MR) is 150 cm³/mol. The van der Waals surface area contributed by atoms with Gasteiger partial charge in [-0.05, 0) is 62.1 Å². The van der Waals surface area contributed by atoms with Gasteiger partial charge in [-0.25, -0.2) is 23.7 Å².